The number of halogens is 1. The fraction of sp³-hybridized carbons (Fsp3) is 0.458. The predicted molar refractivity (Wildman–Crippen MR) is 126 cm³/mol. The van der Waals surface area contributed by atoms with Crippen molar-refractivity contribution in [1.29, 1.82) is 0 Å². The maximum atomic E-state index is 13.7. The van der Waals surface area contributed by atoms with Crippen molar-refractivity contribution in [3.63, 3.8) is 0 Å². The first kappa shape index (κ1) is 23.1. The molecule has 172 valence electrons. The number of hydrogen-bond donors (Lipinski definition) is 0. The minimum atomic E-state index is -3.92. The molecule has 1 aliphatic heterocycles. The van der Waals surface area contributed by atoms with Crippen LogP contribution in [0.5, 0.6) is 5.75 Å². The Morgan fingerprint density at radius 1 is 1.16 bits per heavy atom. The highest BCUT2D eigenvalue weighted by atomic mass is 35.5. The molecule has 0 spiro atoms. The van der Waals surface area contributed by atoms with Crippen molar-refractivity contribution < 1.29 is 17.9 Å². The normalized spacial score (nSPS) is 19.2. The fourth-order valence-electron chi connectivity index (χ4n) is 4.88. The number of carbonyl (C=O) groups excluding carboxylic acids is 1. The Morgan fingerprint density at radius 3 is 2.56 bits per heavy atom. The van der Waals surface area contributed by atoms with Gasteiger partial charge in [-0.1, -0.05) is 49.1 Å². The zero-order valence-corrected chi connectivity index (χ0v) is 20.0. The number of amides is 1. The second-order valence-electron chi connectivity index (χ2n) is 8.58. The molecule has 2 aromatic carbocycles. The van der Waals surface area contributed by atoms with Crippen molar-refractivity contribution in [3.8, 4) is 5.75 Å². The van der Waals surface area contributed by atoms with Crippen LogP contribution < -0.4 is 9.64 Å². The van der Waals surface area contributed by atoms with E-state index < -0.39 is 10.0 Å². The van der Waals surface area contributed by atoms with Gasteiger partial charge in [-0.15, -0.1) is 0 Å². The molecule has 0 N–H and O–H groups in total. The smallest absolute Gasteiger partial charge is 0.243 e. The maximum Gasteiger partial charge on any atom is 0.243 e. The number of para-hydroxylation sites is 1. The molecule has 2 aromatic rings. The summed E-state index contributed by atoms with van der Waals surface area (Å²) < 4.78 is 34.0. The van der Waals surface area contributed by atoms with E-state index in [2.05, 4.69) is 0 Å². The summed E-state index contributed by atoms with van der Waals surface area (Å²) >= 11 is 6.23. The summed E-state index contributed by atoms with van der Waals surface area (Å²) in [6, 6.07) is 12.1. The Labute approximate surface area is 195 Å². The van der Waals surface area contributed by atoms with Crippen LogP contribution >= 0.6 is 11.6 Å². The van der Waals surface area contributed by atoms with E-state index in [1.165, 1.54) is 23.5 Å². The van der Waals surface area contributed by atoms with Gasteiger partial charge in [-0.05, 0) is 56.0 Å². The van der Waals surface area contributed by atoms with Crippen LogP contribution in [0.4, 0.5) is 5.69 Å². The van der Waals surface area contributed by atoms with Crippen molar-refractivity contribution in [2.45, 2.75) is 62.4 Å². The van der Waals surface area contributed by atoms with Crippen molar-refractivity contribution in [2.75, 3.05) is 18.6 Å². The zero-order chi connectivity index (χ0) is 22.9. The summed E-state index contributed by atoms with van der Waals surface area (Å²) in [6.07, 6.45) is 5.27. The Bertz CT molecular complexity index is 1100. The Balaban J connectivity index is 1.67. The molecule has 1 amide bonds. The van der Waals surface area contributed by atoms with Crippen LogP contribution in [-0.2, 0) is 21.2 Å². The van der Waals surface area contributed by atoms with E-state index in [1.807, 2.05) is 31.2 Å². The average Bonchev–Trinajstić information content (AvgIpc) is 3.13. The van der Waals surface area contributed by atoms with Crippen LogP contribution in [0.25, 0.3) is 0 Å². The summed E-state index contributed by atoms with van der Waals surface area (Å²) in [5, 5.41) is 0.227. The highest BCUT2D eigenvalue weighted by Gasteiger charge is 2.38. The van der Waals surface area contributed by atoms with Gasteiger partial charge in [0.1, 0.15) is 5.75 Å². The molecule has 2 aliphatic rings. The molecule has 1 unspecified atom stereocenters. The third kappa shape index (κ3) is 4.38. The summed E-state index contributed by atoms with van der Waals surface area (Å²) in [5.74, 6) is 0.213. The largest absolute Gasteiger partial charge is 0.495 e. The van der Waals surface area contributed by atoms with E-state index in [9.17, 15) is 13.2 Å². The lowest BCUT2D eigenvalue weighted by Crippen LogP contribution is -2.49. The number of sulfonamides is 1. The number of methoxy groups -OCH3 is 1. The number of anilines is 1. The molecule has 1 aliphatic carbocycles. The van der Waals surface area contributed by atoms with Gasteiger partial charge in [-0.3, -0.25) is 4.79 Å². The van der Waals surface area contributed by atoms with Gasteiger partial charge in [0.15, 0.2) is 0 Å². The van der Waals surface area contributed by atoms with Crippen molar-refractivity contribution >= 4 is 33.2 Å². The molecule has 0 aromatic heterocycles. The number of fused-ring (bicyclic) bond motifs is 1. The van der Waals surface area contributed by atoms with Crippen molar-refractivity contribution in [3.05, 3.63) is 53.1 Å². The Morgan fingerprint density at radius 2 is 1.88 bits per heavy atom. The molecule has 0 radical (unpaired) electrons. The van der Waals surface area contributed by atoms with Crippen LogP contribution in [-0.4, -0.2) is 44.4 Å². The lowest BCUT2D eigenvalue weighted by Gasteiger charge is -2.34. The van der Waals surface area contributed by atoms with Gasteiger partial charge in [-0.2, -0.15) is 4.31 Å². The summed E-state index contributed by atoms with van der Waals surface area (Å²) in [6.45, 7) is 1.82. The number of ether oxygens (including phenoxy) is 1. The maximum absolute atomic E-state index is 13.7. The van der Waals surface area contributed by atoms with E-state index in [4.69, 9.17) is 16.3 Å². The first-order valence-corrected chi connectivity index (χ1v) is 12.9. The molecule has 4 rings (SSSR count). The van der Waals surface area contributed by atoms with Crippen LogP contribution in [0.1, 0.15) is 44.6 Å². The number of benzene rings is 2. The van der Waals surface area contributed by atoms with Gasteiger partial charge in [0.05, 0.1) is 23.6 Å². The molecule has 0 bridgehead atoms. The van der Waals surface area contributed by atoms with Gasteiger partial charge in [-0.25, -0.2) is 8.42 Å². The Hall–Kier alpha value is -2.09. The van der Waals surface area contributed by atoms with E-state index in [0.29, 0.717) is 5.75 Å². The van der Waals surface area contributed by atoms with E-state index >= 15 is 0 Å². The predicted octanol–water partition coefficient (Wildman–Crippen LogP) is 4.65. The summed E-state index contributed by atoms with van der Waals surface area (Å²) in [7, 11) is -2.44. The minimum absolute atomic E-state index is 0.00811. The number of hydrogen-bond acceptors (Lipinski definition) is 4. The Kier molecular flexibility index (Phi) is 6.79. The zero-order valence-electron chi connectivity index (χ0n) is 18.5. The molecular formula is C24H29ClN2O4S. The van der Waals surface area contributed by atoms with Gasteiger partial charge < -0.3 is 9.64 Å². The first-order chi connectivity index (χ1) is 15.3. The van der Waals surface area contributed by atoms with Gasteiger partial charge in [0.2, 0.25) is 15.9 Å². The molecule has 0 saturated heterocycles. The third-order valence-electron chi connectivity index (χ3n) is 6.48. The van der Waals surface area contributed by atoms with E-state index in [-0.39, 0.29) is 34.5 Å². The van der Waals surface area contributed by atoms with Gasteiger partial charge >= 0.3 is 0 Å². The minimum Gasteiger partial charge on any atom is -0.495 e. The molecule has 1 heterocycles. The monoisotopic (exact) mass is 476 g/mol. The molecule has 1 fully saturated rings. The van der Waals surface area contributed by atoms with Gasteiger partial charge in [0.25, 0.3) is 0 Å². The van der Waals surface area contributed by atoms with Crippen LogP contribution in [0.3, 0.4) is 0 Å². The van der Waals surface area contributed by atoms with Crippen LogP contribution in [0.2, 0.25) is 5.02 Å². The molecule has 32 heavy (non-hydrogen) atoms. The fourth-order valence-corrected chi connectivity index (χ4v) is 6.86. The summed E-state index contributed by atoms with van der Waals surface area (Å²) in [4.78, 5) is 15.3. The average molecular weight is 477 g/mol. The van der Waals surface area contributed by atoms with Gasteiger partial charge in [0, 0.05) is 17.8 Å². The van der Waals surface area contributed by atoms with Crippen LogP contribution in [0, 0.1) is 0 Å². The van der Waals surface area contributed by atoms with E-state index in [1.54, 1.807) is 11.0 Å². The van der Waals surface area contributed by atoms with E-state index in [0.717, 1.165) is 49.8 Å². The highest BCUT2D eigenvalue weighted by Crippen LogP contribution is 2.34. The molecule has 1 atom stereocenters. The second-order valence-corrected chi connectivity index (χ2v) is 10.9. The highest BCUT2D eigenvalue weighted by molar-refractivity contribution is 7.89. The van der Waals surface area contributed by atoms with Crippen molar-refractivity contribution in [2.24, 2.45) is 0 Å². The third-order valence-corrected chi connectivity index (χ3v) is 8.67. The van der Waals surface area contributed by atoms with Crippen molar-refractivity contribution in [1.82, 2.24) is 4.31 Å². The molecule has 6 nitrogen and oxygen atoms in total. The first-order valence-electron chi connectivity index (χ1n) is 11.1. The molecule has 1 saturated carbocycles. The summed E-state index contributed by atoms with van der Waals surface area (Å²) in [5.41, 5.74) is 1.99. The second kappa shape index (κ2) is 9.41. The standard InChI is InChI=1S/C24H29ClN2O4S/c1-17-14-18-8-6-7-11-22(18)27(17)24(28)16-26(19-9-4-3-5-10-19)32(29,30)20-12-13-23(31-2)21(25)15-20/h6-8,11-13,15,17,19H,3-5,9-10,14,16H2,1-2H3. The number of nitrogens with zero attached hydrogens (tertiary/aromatic N) is 2. The lowest BCUT2D eigenvalue weighted by molar-refractivity contribution is -0.119. The topological polar surface area (TPSA) is 66.9 Å². The number of carbonyl (C=O) groups is 1. The quantitative estimate of drug-likeness (QED) is 0.608. The lowest BCUT2D eigenvalue weighted by atomic mass is 9.95. The number of rotatable bonds is 6. The van der Waals surface area contributed by atoms with Crippen LogP contribution in [0.15, 0.2) is 47.4 Å². The SMILES string of the molecule is COc1ccc(S(=O)(=O)N(CC(=O)N2c3ccccc3CC2C)C2CCCCC2)cc1Cl. The molecular weight excluding hydrogens is 448 g/mol. The molecule has 8 heteroatoms.